The van der Waals surface area contributed by atoms with E-state index in [0.717, 1.165) is 36.3 Å². The fourth-order valence-corrected chi connectivity index (χ4v) is 2.33. The number of aryl methyl sites for hydroxylation is 2. The van der Waals surface area contributed by atoms with Crippen LogP contribution in [0.4, 0.5) is 0 Å². The Balaban J connectivity index is 1.92. The lowest BCUT2D eigenvalue weighted by Gasteiger charge is -2.01. The topological polar surface area (TPSA) is 63.8 Å². The maximum Gasteiger partial charge on any atom is 0.244 e. The largest absolute Gasteiger partial charge is 0.337 e. The van der Waals surface area contributed by atoms with Gasteiger partial charge in [0.15, 0.2) is 0 Å². The number of hydrogen-bond acceptors (Lipinski definition) is 5. The van der Waals surface area contributed by atoms with Crippen molar-refractivity contribution < 1.29 is 4.52 Å². The summed E-state index contributed by atoms with van der Waals surface area (Å²) in [5, 5.41) is 7.37. The SMILES string of the molecule is Cc1cc(C)nc(-c2noc([C@@H]3CCCN3)n2)c1. The van der Waals surface area contributed by atoms with E-state index in [1.54, 1.807) is 0 Å². The van der Waals surface area contributed by atoms with Crippen molar-refractivity contribution >= 4 is 0 Å². The van der Waals surface area contributed by atoms with Gasteiger partial charge in [0.2, 0.25) is 11.7 Å². The van der Waals surface area contributed by atoms with E-state index in [0.29, 0.717) is 11.7 Å². The van der Waals surface area contributed by atoms with Gasteiger partial charge in [-0.05, 0) is 50.9 Å². The Morgan fingerprint density at radius 3 is 2.89 bits per heavy atom. The second-order valence-electron chi connectivity index (χ2n) is 4.78. The molecule has 1 aliphatic rings. The Kier molecular flexibility index (Phi) is 2.83. The van der Waals surface area contributed by atoms with Crippen LogP contribution in [-0.2, 0) is 0 Å². The number of pyridine rings is 1. The summed E-state index contributed by atoms with van der Waals surface area (Å²) >= 11 is 0. The van der Waals surface area contributed by atoms with E-state index in [2.05, 4.69) is 20.4 Å². The minimum absolute atomic E-state index is 0.206. The van der Waals surface area contributed by atoms with Gasteiger partial charge in [-0.1, -0.05) is 5.16 Å². The van der Waals surface area contributed by atoms with Crippen LogP contribution in [0.5, 0.6) is 0 Å². The normalized spacial score (nSPS) is 19.3. The molecule has 5 heteroatoms. The maximum atomic E-state index is 5.32. The van der Waals surface area contributed by atoms with Crippen LogP contribution in [0.2, 0.25) is 0 Å². The highest BCUT2D eigenvalue weighted by molar-refractivity contribution is 5.50. The van der Waals surface area contributed by atoms with Crippen LogP contribution in [0.1, 0.15) is 36.0 Å². The van der Waals surface area contributed by atoms with Gasteiger partial charge < -0.3 is 9.84 Å². The van der Waals surface area contributed by atoms with Crippen molar-refractivity contribution in [2.24, 2.45) is 0 Å². The molecular weight excluding hydrogens is 228 g/mol. The molecule has 0 unspecified atom stereocenters. The van der Waals surface area contributed by atoms with Crippen LogP contribution >= 0.6 is 0 Å². The fraction of sp³-hybridized carbons (Fsp3) is 0.462. The Bertz CT molecular complexity index is 538. The molecule has 18 heavy (non-hydrogen) atoms. The Morgan fingerprint density at radius 1 is 1.28 bits per heavy atom. The first kappa shape index (κ1) is 11.3. The zero-order valence-corrected chi connectivity index (χ0v) is 10.6. The molecule has 0 radical (unpaired) electrons. The van der Waals surface area contributed by atoms with E-state index < -0.39 is 0 Å². The van der Waals surface area contributed by atoms with Crippen LogP contribution < -0.4 is 5.32 Å². The van der Waals surface area contributed by atoms with Crippen LogP contribution in [0, 0.1) is 13.8 Å². The van der Waals surface area contributed by atoms with Crippen molar-refractivity contribution in [1.29, 1.82) is 0 Å². The van der Waals surface area contributed by atoms with Crippen molar-refractivity contribution in [2.45, 2.75) is 32.7 Å². The molecule has 3 rings (SSSR count). The number of hydrogen-bond donors (Lipinski definition) is 1. The highest BCUT2D eigenvalue weighted by Gasteiger charge is 2.22. The standard InChI is InChI=1S/C13H16N4O/c1-8-6-9(2)15-11(7-8)12-16-13(18-17-12)10-4-3-5-14-10/h6-7,10,14H,3-5H2,1-2H3/t10-/m0/s1. The molecule has 1 fully saturated rings. The summed E-state index contributed by atoms with van der Waals surface area (Å²) in [7, 11) is 0. The first-order valence-electron chi connectivity index (χ1n) is 6.25. The molecule has 0 aromatic carbocycles. The third-order valence-electron chi connectivity index (χ3n) is 3.13. The quantitative estimate of drug-likeness (QED) is 0.877. The van der Waals surface area contributed by atoms with Crippen molar-refractivity contribution in [3.63, 3.8) is 0 Å². The van der Waals surface area contributed by atoms with E-state index in [9.17, 15) is 0 Å². The lowest BCUT2D eigenvalue weighted by Crippen LogP contribution is -2.12. The Labute approximate surface area is 106 Å². The molecule has 94 valence electrons. The first-order valence-corrected chi connectivity index (χ1v) is 6.25. The number of nitrogens with zero attached hydrogens (tertiary/aromatic N) is 3. The third kappa shape index (κ3) is 2.13. The predicted octanol–water partition coefficient (Wildman–Crippen LogP) is 2.17. The van der Waals surface area contributed by atoms with Gasteiger partial charge in [-0.3, -0.25) is 0 Å². The van der Waals surface area contributed by atoms with Gasteiger partial charge >= 0.3 is 0 Å². The molecule has 0 aliphatic carbocycles. The summed E-state index contributed by atoms with van der Waals surface area (Å²) in [6.07, 6.45) is 2.21. The lowest BCUT2D eigenvalue weighted by atomic mass is 10.2. The molecule has 2 aromatic rings. The van der Waals surface area contributed by atoms with E-state index in [-0.39, 0.29) is 6.04 Å². The third-order valence-corrected chi connectivity index (χ3v) is 3.13. The summed E-state index contributed by atoms with van der Waals surface area (Å²) in [5.41, 5.74) is 2.90. The van der Waals surface area contributed by atoms with E-state index in [1.165, 1.54) is 0 Å². The van der Waals surface area contributed by atoms with Gasteiger partial charge in [0.1, 0.15) is 5.69 Å². The maximum absolute atomic E-state index is 5.32. The molecule has 3 heterocycles. The second kappa shape index (κ2) is 4.49. The molecule has 5 nitrogen and oxygen atoms in total. The smallest absolute Gasteiger partial charge is 0.244 e. The molecular formula is C13H16N4O. The van der Waals surface area contributed by atoms with Crippen LogP contribution in [0.15, 0.2) is 16.7 Å². The zero-order chi connectivity index (χ0) is 12.5. The van der Waals surface area contributed by atoms with Crippen molar-refractivity contribution in [3.05, 3.63) is 29.3 Å². The Hall–Kier alpha value is -1.75. The van der Waals surface area contributed by atoms with Crippen molar-refractivity contribution in [3.8, 4) is 11.5 Å². The van der Waals surface area contributed by atoms with Crippen LogP contribution in [0.25, 0.3) is 11.5 Å². The molecule has 1 saturated heterocycles. The van der Waals surface area contributed by atoms with Gasteiger partial charge in [-0.25, -0.2) is 4.98 Å². The summed E-state index contributed by atoms with van der Waals surface area (Å²) < 4.78 is 5.32. The molecule has 1 aliphatic heterocycles. The van der Waals surface area contributed by atoms with E-state index in [4.69, 9.17) is 4.52 Å². The highest BCUT2D eigenvalue weighted by atomic mass is 16.5. The predicted molar refractivity (Wildman–Crippen MR) is 67.0 cm³/mol. The molecule has 2 aromatic heterocycles. The van der Waals surface area contributed by atoms with Gasteiger partial charge in [0.25, 0.3) is 0 Å². The van der Waals surface area contributed by atoms with Crippen molar-refractivity contribution in [1.82, 2.24) is 20.4 Å². The van der Waals surface area contributed by atoms with Gasteiger partial charge in [-0.2, -0.15) is 4.98 Å². The average molecular weight is 244 g/mol. The summed E-state index contributed by atoms with van der Waals surface area (Å²) in [6, 6.07) is 4.21. The minimum Gasteiger partial charge on any atom is -0.337 e. The highest BCUT2D eigenvalue weighted by Crippen LogP contribution is 2.24. The molecule has 0 spiro atoms. The monoisotopic (exact) mass is 244 g/mol. The summed E-state index contributed by atoms with van der Waals surface area (Å²) in [5.74, 6) is 1.24. The lowest BCUT2D eigenvalue weighted by molar-refractivity contribution is 0.345. The summed E-state index contributed by atoms with van der Waals surface area (Å²) in [6.45, 7) is 5.03. The number of nitrogens with one attached hydrogen (secondary N) is 1. The summed E-state index contributed by atoms with van der Waals surface area (Å²) in [4.78, 5) is 8.88. The van der Waals surface area contributed by atoms with E-state index >= 15 is 0 Å². The Morgan fingerprint density at radius 2 is 2.17 bits per heavy atom. The molecule has 0 saturated carbocycles. The zero-order valence-electron chi connectivity index (χ0n) is 10.6. The molecule has 0 bridgehead atoms. The fourth-order valence-electron chi connectivity index (χ4n) is 2.33. The van der Waals surface area contributed by atoms with Gasteiger partial charge in [0, 0.05) is 5.69 Å². The van der Waals surface area contributed by atoms with Crippen LogP contribution in [0.3, 0.4) is 0 Å². The first-order chi connectivity index (χ1) is 8.72. The number of rotatable bonds is 2. The van der Waals surface area contributed by atoms with Crippen LogP contribution in [-0.4, -0.2) is 21.7 Å². The molecule has 0 amide bonds. The van der Waals surface area contributed by atoms with Gasteiger partial charge in [-0.15, -0.1) is 0 Å². The average Bonchev–Trinajstić information content (AvgIpc) is 2.99. The minimum atomic E-state index is 0.206. The number of aromatic nitrogens is 3. The molecule has 1 N–H and O–H groups in total. The second-order valence-corrected chi connectivity index (χ2v) is 4.78. The molecule has 1 atom stereocenters. The van der Waals surface area contributed by atoms with E-state index in [1.807, 2.05) is 26.0 Å². The van der Waals surface area contributed by atoms with Crippen molar-refractivity contribution in [2.75, 3.05) is 6.54 Å². The van der Waals surface area contributed by atoms with Gasteiger partial charge in [0.05, 0.1) is 6.04 Å².